The zero-order valence-corrected chi connectivity index (χ0v) is 30.2. The van der Waals surface area contributed by atoms with Gasteiger partial charge in [0.15, 0.2) is 0 Å². The third kappa shape index (κ3) is 14.0. The lowest BCUT2D eigenvalue weighted by Gasteiger charge is -2.20. The van der Waals surface area contributed by atoms with Gasteiger partial charge in [-0.2, -0.15) is 0 Å². The molecule has 11 heteroatoms. The van der Waals surface area contributed by atoms with Crippen LogP contribution in [0.1, 0.15) is 72.1 Å². The summed E-state index contributed by atoms with van der Waals surface area (Å²) in [4.78, 5) is 49.4. The molecule has 0 aliphatic rings. The van der Waals surface area contributed by atoms with Crippen LogP contribution in [0.4, 0.5) is 26.7 Å². The molecular weight excluding hydrogens is 638 g/mol. The first-order chi connectivity index (χ1) is 23.5. The molecule has 3 aromatic rings. The highest BCUT2D eigenvalue weighted by atomic mass is 16.6. The maximum atomic E-state index is 12.5. The van der Waals surface area contributed by atoms with Crippen molar-refractivity contribution in [3.8, 4) is 0 Å². The molecule has 3 aromatic carbocycles. The molecule has 0 aliphatic carbocycles. The largest absolute Gasteiger partial charge is 0.461 e. The summed E-state index contributed by atoms with van der Waals surface area (Å²) in [6.07, 6.45) is 0.551. The van der Waals surface area contributed by atoms with E-state index < -0.39 is 23.0 Å². The second kappa shape index (κ2) is 17.9. The van der Waals surface area contributed by atoms with Gasteiger partial charge in [-0.15, -0.1) is 0 Å². The average Bonchev–Trinajstić information content (AvgIpc) is 3.04. The summed E-state index contributed by atoms with van der Waals surface area (Å²) in [6.45, 7) is 14.8. The van der Waals surface area contributed by atoms with Gasteiger partial charge in [-0.25, -0.2) is 9.59 Å². The third-order valence-corrected chi connectivity index (χ3v) is 6.88. The van der Waals surface area contributed by atoms with Crippen LogP contribution in [0.15, 0.2) is 78.4 Å². The van der Waals surface area contributed by atoms with Gasteiger partial charge in [-0.1, -0.05) is 36.4 Å². The highest BCUT2D eigenvalue weighted by molar-refractivity contribution is 5.85. The van der Waals surface area contributed by atoms with E-state index in [1.165, 1.54) is 0 Å². The van der Waals surface area contributed by atoms with Crippen molar-refractivity contribution >= 4 is 47.3 Å². The molecule has 11 nitrogen and oxygen atoms in total. The molecule has 3 N–H and O–H groups in total. The number of carbonyl (C=O) groups excluding carboxylic acids is 4. The van der Waals surface area contributed by atoms with Crippen molar-refractivity contribution in [2.75, 3.05) is 29.2 Å². The van der Waals surface area contributed by atoms with E-state index in [4.69, 9.17) is 18.9 Å². The second-order valence-electron chi connectivity index (χ2n) is 14.2. The van der Waals surface area contributed by atoms with Gasteiger partial charge >= 0.3 is 24.1 Å². The Bertz CT molecular complexity index is 1580. The van der Waals surface area contributed by atoms with Gasteiger partial charge in [0.2, 0.25) is 0 Å². The van der Waals surface area contributed by atoms with E-state index in [-0.39, 0.29) is 38.4 Å². The van der Waals surface area contributed by atoms with E-state index in [9.17, 15) is 19.2 Å². The first-order valence-corrected chi connectivity index (χ1v) is 16.4. The Morgan fingerprint density at radius 3 is 1.34 bits per heavy atom. The van der Waals surface area contributed by atoms with Crippen LogP contribution in [-0.2, 0) is 41.8 Å². The van der Waals surface area contributed by atoms with Crippen LogP contribution in [0.5, 0.6) is 0 Å². The SMILES string of the molecule is CC(C)Nc1ccc(COC(=O)Nc2ccc(COC(=O)Nc3ccc(C=C(COC(=O)C(C)(C)C)COC(=O)C(C)(C)C)cc3)cc2)cc1. The summed E-state index contributed by atoms with van der Waals surface area (Å²) in [6, 6.07) is 21.8. The molecule has 0 aliphatic heterocycles. The zero-order chi connectivity index (χ0) is 36.9. The lowest BCUT2D eigenvalue weighted by molar-refractivity contribution is -0.153. The number of rotatable bonds is 13. The maximum Gasteiger partial charge on any atom is 0.411 e. The first-order valence-electron chi connectivity index (χ1n) is 16.4. The van der Waals surface area contributed by atoms with Crippen LogP contribution in [0.25, 0.3) is 6.08 Å². The number of anilines is 3. The fourth-order valence-electron chi connectivity index (χ4n) is 4.09. The van der Waals surface area contributed by atoms with Crippen molar-refractivity contribution in [3.63, 3.8) is 0 Å². The molecule has 3 rings (SSSR count). The number of amides is 2. The van der Waals surface area contributed by atoms with E-state index in [2.05, 4.69) is 29.8 Å². The van der Waals surface area contributed by atoms with Gasteiger partial charge in [-0.05, 0) is 115 Å². The maximum absolute atomic E-state index is 12.5. The number of nitrogens with one attached hydrogen (secondary N) is 3. The van der Waals surface area contributed by atoms with Crippen LogP contribution >= 0.6 is 0 Å². The lowest BCUT2D eigenvalue weighted by Crippen LogP contribution is -2.26. The van der Waals surface area contributed by atoms with Crippen LogP contribution in [0, 0.1) is 10.8 Å². The molecule has 268 valence electrons. The zero-order valence-electron chi connectivity index (χ0n) is 30.2. The van der Waals surface area contributed by atoms with E-state index >= 15 is 0 Å². The summed E-state index contributed by atoms with van der Waals surface area (Å²) >= 11 is 0. The van der Waals surface area contributed by atoms with Gasteiger partial charge in [0.1, 0.15) is 26.4 Å². The minimum absolute atomic E-state index is 0.0168. The van der Waals surface area contributed by atoms with Crippen molar-refractivity contribution in [1.29, 1.82) is 0 Å². The molecule has 0 atom stereocenters. The number of esters is 2. The molecule has 0 heterocycles. The van der Waals surface area contributed by atoms with Crippen molar-refractivity contribution in [2.45, 2.75) is 74.6 Å². The molecular formula is C39H49N3O8. The van der Waals surface area contributed by atoms with Crippen LogP contribution in [-0.4, -0.2) is 43.4 Å². The van der Waals surface area contributed by atoms with Crippen molar-refractivity contribution < 1.29 is 38.1 Å². The van der Waals surface area contributed by atoms with Crippen molar-refractivity contribution in [1.82, 2.24) is 0 Å². The molecule has 0 fully saturated rings. The van der Waals surface area contributed by atoms with Crippen LogP contribution in [0.3, 0.4) is 0 Å². The highest BCUT2D eigenvalue weighted by Crippen LogP contribution is 2.20. The van der Waals surface area contributed by atoms with E-state index in [1.54, 1.807) is 96.1 Å². The molecule has 0 radical (unpaired) electrons. The number of benzene rings is 3. The quantitative estimate of drug-likeness (QED) is 0.119. The molecule has 2 amide bonds. The van der Waals surface area contributed by atoms with Gasteiger partial charge in [0, 0.05) is 28.7 Å². The van der Waals surface area contributed by atoms with Crippen LogP contribution < -0.4 is 16.0 Å². The Labute approximate surface area is 294 Å². The smallest absolute Gasteiger partial charge is 0.411 e. The molecule has 0 saturated heterocycles. The van der Waals surface area contributed by atoms with Crippen molar-refractivity contribution in [2.24, 2.45) is 10.8 Å². The Morgan fingerprint density at radius 1 is 0.580 bits per heavy atom. The monoisotopic (exact) mass is 687 g/mol. The van der Waals surface area contributed by atoms with E-state index in [0.29, 0.717) is 23.0 Å². The number of carbonyl (C=O) groups is 4. The predicted octanol–water partition coefficient (Wildman–Crippen LogP) is 8.57. The molecule has 50 heavy (non-hydrogen) atoms. The lowest BCUT2D eigenvalue weighted by atomic mass is 9.97. The minimum atomic E-state index is -0.675. The summed E-state index contributed by atoms with van der Waals surface area (Å²) in [7, 11) is 0. The second-order valence-corrected chi connectivity index (χ2v) is 14.2. The Kier molecular flexibility index (Phi) is 14.0. The fourth-order valence-corrected chi connectivity index (χ4v) is 4.09. The number of ether oxygens (including phenoxy) is 4. The molecule has 0 unspecified atom stereocenters. The van der Waals surface area contributed by atoms with Crippen molar-refractivity contribution in [3.05, 3.63) is 95.1 Å². The van der Waals surface area contributed by atoms with Gasteiger partial charge in [-0.3, -0.25) is 20.2 Å². The number of hydrogen-bond acceptors (Lipinski definition) is 9. The van der Waals surface area contributed by atoms with Gasteiger partial charge in [0.25, 0.3) is 0 Å². The molecule has 0 saturated carbocycles. The van der Waals surface area contributed by atoms with Gasteiger partial charge < -0.3 is 24.3 Å². The predicted molar refractivity (Wildman–Crippen MR) is 195 cm³/mol. The fraction of sp³-hybridized carbons (Fsp3) is 0.385. The standard InChI is InChI=1S/C39H49N3O8/c1-26(2)40-31-17-11-28(12-18-31)22-49-37(46)42-33-19-13-29(14-20-33)23-50-36(45)41-32-15-9-27(10-16-32)21-30(24-47-34(43)38(3,4)5)25-48-35(44)39(6,7)8/h9-21,26,40H,22-25H2,1-8H3,(H,41,45)(H,42,46). The Hall–Kier alpha value is -5.32. The average molecular weight is 688 g/mol. The molecule has 0 bridgehead atoms. The highest BCUT2D eigenvalue weighted by Gasteiger charge is 2.25. The van der Waals surface area contributed by atoms with Crippen LogP contribution in [0.2, 0.25) is 0 Å². The van der Waals surface area contributed by atoms with E-state index in [1.807, 2.05) is 24.3 Å². The summed E-state index contributed by atoms with van der Waals surface area (Å²) in [5.74, 6) is -0.742. The first kappa shape index (κ1) is 39.1. The number of hydrogen-bond donors (Lipinski definition) is 3. The normalized spacial score (nSPS) is 11.2. The third-order valence-electron chi connectivity index (χ3n) is 6.88. The summed E-state index contributed by atoms with van der Waals surface area (Å²) in [5, 5.41) is 8.68. The van der Waals surface area contributed by atoms with Gasteiger partial charge in [0.05, 0.1) is 10.8 Å². The Morgan fingerprint density at radius 2 is 0.960 bits per heavy atom. The summed E-state index contributed by atoms with van der Waals surface area (Å²) in [5.41, 5.74) is 3.64. The molecule has 0 spiro atoms. The topological polar surface area (TPSA) is 141 Å². The summed E-state index contributed by atoms with van der Waals surface area (Å²) < 4.78 is 21.6. The Balaban J connectivity index is 1.47. The molecule has 0 aromatic heterocycles. The van der Waals surface area contributed by atoms with E-state index in [0.717, 1.165) is 22.4 Å². The minimum Gasteiger partial charge on any atom is -0.461 e.